The van der Waals surface area contributed by atoms with Gasteiger partial charge in [-0.15, -0.1) is 0 Å². The van der Waals surface area contributed by atoms with Gasteiger partial charge in [0.15, 0.2) is 0 Å². The maximum absolute atomic E-state index is 12.2. The SMILES string of the molecule is CCn1nc(C)c(C(=O)O[C@@H](C)c2cccnc2)c1Cl. The number of nitrogens with zero attached hydrogens (tertiary/aromatic N) is 3. The van der Waals surface area contributed by atoms with Crippen molar-refractivity contribution < 1.29 is 9.53 Å². The van der Waals surface area contributed by atoms with Crippen molar-refractivity contribution in [3.63, 3.8) is 0 Å². The fourth-order valence-electron chi connectivity index (χ4n) is 1.90. The Morgan fingerprint density at radius 3 is 2.85 bits per heavy atom. The number of halogens is 1. The minimum atomic E-state index is -0.469. The Hall–Kier alpha value is -1.88. The van der Waals surface area contributed by atoms with E-state index in [0.29, 0.717) is 23.0 Å². The fourth-order valence-corrected chi connectivity index (χ4v) is 2.27. The van der Waals surface area contributed by atoms with Gasteiger partial charge in [-0.3, -0.25) is 9.67 Å². The Morgan fingerprint density at radius 2 is 2.30 bits per heavy atom. The summed E-state index contributed by atoms with van der Waals surface area (Å²) in [6, 6.07) is 3.65. The normalized spacial score (nSPS) is 12.2. The van der Waals surface area contributed by atoms with Crippen LogP contribution in [0, 0.1) is 6.92 Å². The third-order valence-electron chi connectivity index (χ3n) is 3.01. The van der Waals surface area contributed by atoms with E-state index in [1.807, 2.05) is 13.0 Å². The summed E-state index contributed by atoms with van der Waals surface area (Å²) in [5.41, 5.74) is 1.72. The minimum Gasteiger partial charge on any atom is -0.454 e. The van der Waals surface area contributed by atoms with Gasteiger partial charge in [0.05, 0.1) is 5.69 Å². The van der Waals surface area contributed by atoms with E-state index in [1.54, 1.807) is 37.0 Å². The number of hydrogen-bond donors (Lipinski definition) is 0. The van der Waals surface area contributed by atoms with E-state index in [1.165, 1.54) is 0 Å². The number of hydrogen-bond acceptors (Lipinski definition) is 4. The van der Waals surface area contributed by atoms with Gasteiger partial charge in [-0.05, 0) is 26.8 Å². The zero-order valence-corrected chi connectivity index (χ0v) is 12.4. The molecule has 0 aliphatic rings. The lowest BCUT2D eigenvalue weighted by Crippen LogP contribution is -2.10. The summed E-state index contributed by atoms with van der Waals surface area (Å²) in [5, 5.41) is 4.51. The Bertz CT molecular complexity index is 610. The van der Waals surface area contributed by atoms with Crippen LogP contribution in [0.15, 0.2) is 24.5 Å². The first kappa shape index (κ1) is 14.5. The average Bonchev–Trinajstić information content (AvgIpc) is 2.74. The van der Waals surface area contributed by atoms with Crippen molar-refractivity contribution in [2.24, 2.45) is 0 Å². The average molecular weight is 294 g/mol. The van der Waals surface area contributed by atoms with Crippen LogP contribution in [0.25, 0.3) is 0 Å². The predicted molar refractivity (Wildman–Crippen MR) is 75.7 cm³/mol. The van der Waals surface area contributed by atoms with Crippen molar-refractivity contribution >= 4 is 17.6 Å². The van der Waals surface area contributed by atoms with Gasteiger partial charge >= 0.3 is 5.97 Å². The molecular formula is C14H16ClN3O2. The van der Waals surface area contributed by atoms with Gasteiger partial charge in [-0.1, -0.05) is 17.7 Å². The smallest absolute Gasteiger partial charge is 0.343 e. The Morgan fingerprint density at radius 1 is 1.55 bits per heavy atom. The molecule has 1 atom stereocenters. The summed E-state index contributed by atoms with van der Waals surface area (Å²) in [4.78, 5) is 16.2. The second kappa shape index (κ2) is 6.05. The zero-order valence-electron chi connectivity index (χ0n) is 11.6. The lowest BCUT2D eigenvalue weighted by atomic mass is 10.2. The molecule has 0 N–H and O–H groups in total. The second-order valence-electron chi connectivity index (χ2n) is 4.40. The first-order valence-electron chi connectivity index (χ1n) is 6.38. The molecule has 0 amide bonds. The van der Waals surface area contributed by atoms with Crippen molar-refractivity contribution in [3.8, 4) is 0 Å². The van der Waals surface area contributed by atoms with Crippen LogP contribution >= 0.6 is 11.6 Å². The summed E-state index contributed by atoms with van der Waals surface area (Å²) in [6.07, 6.45) is 2.95. The van der Waals surface area contributed by atoms with E-state index < -0.39 is 12.1 Å². The molecule has 0 bridgehead atoms. The highest BCUT2D eigenvalue weighted by molar-refractivity contribution is 6.32. The molecule has 6 heteroatoms. The molecule has 0 saturated carbocycles. The van der Waals surface area contributed by atoms with E-state index in [0.717, 1.165) is 5.56 Å². The third-order valence-corrected chi connectivity index (χ3v) is 3.39. The van der Waals surface area contributed by atoms with Crippen LogP contribution in [0.4, 0.5) is 0 Å². The first-order valence-corrected chi connectivity index (χ1v) is 6.76. The van der Waals surface area contributed by atoms with E-state index in [-0.39, 0.29) is 0 Å². The summed E-state index contributed by atoms with van der Waals surface area (Å²) in [7, 11) is 0. The van der Waals surface area contributed by atoms with E-state index in [4.69, 9.17) is 16.3 Å². The maximum atomic E-state index is 12.2. The fraction of sp³-hybridized carbons (Fsp3) is 0.357. The number of ether oxygens (including phenoxy) is 1. The summed E-state index contributed by atoms with van der Waals surface area (Å²) in [6.45, 7) is 6.04. The maximum Gasteiger partial charge on any atom is 0.343 e. The molecule has 2 aromatic rings. The van der Waals surface area contributed by atoms with Crippen molar-refractivity contribution in [1.82, 2.24) is 14.8 Å². The second-order valence-corrected chi connectivity index (χ2v) is 4.76. The lowest BCUT2D eigenvalue weighted by Gasteiger charge is -2.13. The van der Waals surface area contributed by atoms with E-state index in [9.17, 15) is 4.79 Å². The molecule has 0 radical (unpaired) electrons. The largest absolute Gasteiger partial charge is 0.454 e. The molecule has 0 unspecified atom stereocenters. The standard InChI is InChI=1S/C14H16ClN3O2/c1-4-18-13(15)12(9(2)17-18)14(19)20-10(3)11-6-5-7-16-8-11/h5-8,10H,4H2,1-3H3/t10-/m0/s1. The molecule has 0 aromatic carbocycles. The topological polar surface area (TPSA) is 57.0 Å². The van der Waals surface area contributed by atoms with Crippen LogP contribution in [-0.4, -0.2) is 20.7 Å². The predicted octanol–water partition coefficient (Wildman–Crippen LogP) is 3.18. The van der Waals surface area contributed by atoms with Crippen molar-refractivity contribution in [2.45, 2.75) is 33.4 Å². The van der Waals surface area contributed by atoms with Crippen LogP contribution in [0.2, 0.25) is 5.15 Å². The van der Waals surface area contributed by atoms with E-state index in [2.05, 4.69) is 10.1 Å². The Labute approximate surface area is 122 Å². The van der Waals surface area contributed by atoms with Gasteiger partial charge in [0.25, 0.3) is 0 Å². The van der Waals surface area contributed by atoms with Crippen LogP contribution in [0.5, 0.6) is 0 Å². The monoisotopic (exact) mass is 293 g/mol. The highest BCUT2D eigenvalue weighted by atomic mass is 35.5. The van der Waals surface area contributed by atoms with Gasteiger partial charge in [-0.2, -0.15) is 5.10 Å². The molecule has 5 nitrogen and oxygen atoms in total. The van der Waals surface area contributed by atoms with E-state index >= 15 is 0 Å². The number of pyridine rings is 1. The van der Waals surface area contributed by atoms with Crippen molar-refractivity contribution in [3.05, 3.63) is 46.5 Å². The molecule has 0 aliphatic carbocycles. The summed E-state index contributed by atoms with van der Waals surface area (Å²) >= 11 is 6.14. The minimum absolute atomic E-state index is 0.313. The first-order chi connectivity index (χ1) is 9.54. The van der Waals surface area contributed by atoms with Crippen molar-refractivity contribution in [2.75, 3.05) is 0 Å². The summed E-state index contributed by atoms with van der Waals surface area (Å²) < 4.78 is 7.00. The molecule has 2 aromatic heterocycles. The van der Waals surface area contributed by atoms with Crippen molar-refractivity contribution in [1.29, 1.82) is 0 Å². The van der Waals surface area contributed by atoms with Crippen LogP contribution in [-0.2, 0) is 11.3 Å². The Kier molecular flexibility index (Phi) is 4.39. The van der Waals surface area contributed by atoms with Gasteiger partial charge in [0, 0.05) is 24.5 Å². The molecule has 0 fully saturated rings. The molecular weight excluding hydrogens is 278 g/mol. The molecule has 0 spiro atoms. The number of aromatic nitrogens is 3. The van der Waals surface area contributed by atoms with Gasteiger partial charge in [-0.25, -0.2) is 4.79 Å². The number of carbonyl (C=O) groups excluding carboxylic acids is 1. The Balaban J connectivity index is 2.19. The molecule has 2 rings (SSSR count). The molecule has 2 heterocycles. The summed E-state index contributed by atoms with van der Waals surface area (Å²) in [5.74, 6) is -0.469. The molecule has 20 heavy (non-hydrogen) atoms. The number of carbonyl (C=O) groups is 1. The molecule has 0 aliphatic heterocycles. The van der Waals surface area contributed by atoms with Crippen LogP contribution < -0.4 is 0 Å². The number of aryl methyl sites for hydroxylation is 2. The lowest BCUT2D eigenvalue weighted by molar-refractivity contribution is 0.0336. The van der Waals surface area contributed by atoms with Crippen LogP contribution in [0.3, 0.4) is 0 Å². The van der Waals surface area contributed by atoms with Gasteiger partial charge < -0.3 is 4.74 Å². The third kappa shape index (κ3) is 2.82. The van der Waals surface area contributed by atoms with Gasteiger partial charge in [0.1, 0.15) is 16.8 Å². The molecule has 0 saturated heterocycles. The highest BCUT2D eigenvalue weighted by Crippen LogP contribution is 2.24. The number of esters is 1. The zero-order chi connectivity index (χ0) is 14.7. The van der Waals surface area contributed by atoms with Crippen LogP contribution in [0.1, 0.15) is 41.6 Å². The van der Waals surface area contributed by atoms with Gasteiger partial charge in [0.2, 0.25) is 0 Å². The quantitative estimate of drug-likeness (QED) is 0.812. The molecule has 106 valence electrons. The number of rotatable bonds is 4. The highest BCUT2D eigenvalue weighted by Gasteiger charge is 2.23.